The molecule has 2 heterocycles. The lowest BCUT2D eigenvalue weighted by molar-refractivity contribution is 0.232. The van der Waals surface area contributed by atoms with Crippen molar-refractivity contribution in [2.24, 2.45) is 4.99 Å². The number of likely N-dealkylation sites (tertiary alicyclic amines) is 1. The molecule has 0 bridgehead atoms. The second-order valence-electron chi connectivity index (χ2n) is 6.44. The molecule has 0 amide bonds. The van der Waals surface area contributed by atoms with Gasteiger partial charge in [0.1, 0.15) is 5.82 Å². The van der Waals surface area contributed by atoms with E-state index >= 15 is 0 Å². The number of nitrogens with zero attached hydrogens (tertiary/aromatic N) is 4. The van der Waals surface area contributed by atoms with Gasteiger partial charge in [0.05, 0.1) is 6.54 Å². The largest absolute Gasteiger partial charge is 0.363 e. The van der Waals surface area contributed by atoms with Crippen molar-refractivity contribution in [2.75, 3.05) is 51.7 Å². The minimum absolute atomic E-state index is 0. The van der Waals surface area contributed by atoms with E-state index in [0.29, 0.717) is 6.54 Å². The second-order valence-corrected chi connectivity index (χ2v) is 6.44. The van der Waals surface area contributed by atoms with Crippen LogP contribution in [0.15, 0.2) is 23.3 Å². The van der Waals surface area contributed by atoms with E-state index in [9.17, 15) is 0 Å². The Kier molecular flexibility index (Phi) is 10.8. The highest BCUT2D eigenvalue weighted by Crippen LogP contribution is 2.10. The van der Waals surface area contributed by atoms with Crippen LogP contribution in [0.25, 0.3) is 0 Å². The van der Waals surface area contributed by atoms with Crippen LogP contribution in [0.4, 0.5) is 5.82 Å². The lowest BCUT2D eigenvalue weighted by Gasteiger charge is -2.26. The Morgan fingerprint density at radius 3 is 2.68 bits per heavy atom. The van der Waals surface area contributed by atoms with Gasteiger partial charge in [-0.25, -0.2) is 9.98 Å². The molecule has 25 heavy (non-hydrogen) atoms. The third kappa shape index (κ3) is 8.22. The first kappa shape index (κ1) is 22.0. The molecule has 2 rings (SSSR count). The van der Waals surface area contributed by atoms with Crippen molar-refractivity contribution >= 4 is 35.8 Å². The standard InChI is InChI=1S/C18H32N6.HI/c1-4-19-18(21-10-13-24-11-6-5-7-12-24)22-15-16-8-9-20-17(14-16)23(2)3;/h8-9,14H,4-7,10-13,15H2,1-3H3,(H2,19,21,22);1H. The van der Waals surface area contributed by atoms with E-state index in [0.717, 1.165) is 31.4 Å². The molecule has 1 aliphatic rings. The lowest BCUT2D eigenvalue weighted by atomic mass is 10.1. The molecule has 6 nitrogen and oxygen atoms in total. The normalized spacial score (nSPS) is 15.4. The van der Waals surface area contributed by atoms with E-state index in [-0.39, 0.29) is 24.0 Å². The maximum absolute atomic E-state index is 4.70. The number of hydrogen-bond donors (Lipinski definition) is 2. The summed E-state index contributed by atoms with van der Waals surface area (Å²) in [5.74, 6) is 1.85. The Balaban J connectivity index is 0.00000312. The monoisotopic (exact) mass is 460 g/mol. The Labute approximate surface area is 169 Å². The molecule has 2 N–H and O–H groups in total. The van der Waals surface area contributed by atoms with E-state index in [4.69, 9.17) is 4.99 Å². The van der Waals surface area contributed by atoms with E-state index in [1.165, 1.54) is 37.9 Å². The SMILES string of the molecule is CCNC(=NCc1ccnc(N(C)C)c1)NCCN1CCCCC1.I. The van der Waals surface area contributed by atoms with Gasteiger partial charge >= 0.3 is 0 Å². The summed E-state index contributed by atoms with van der Waals surface area (Å²) in [5, 5.41) is 6.77. The molecule has 7 heteroatoms. The second kappa shape index (κ2) is 12.3. The van der Waals surface area contributed by atoms with Crippen LogP contribution in [0.2, 0.25) is 0 Å². The minimum atomic E-state index is 0. The van der Waals surface area contributed by atoms with Gasteiger partial charge in [0.25, 0.3) is 0 Å². The Bertz CT molecular complexity index is 514. The van der Waals surface area contributed by atoms with E-state index in [1.807, 2.05) is 31.3 Å². The number of pyridine rings is 1. The maximum atomic E-state index is 4.70. The van der Waals surface area contributed by atoms with Gasteiger partial charge in [-0.1, -0.05) is 6.42 Å². The zero-order chi connectivity index (χ0) is 17.2. The van der Waals surface area contributed by atoms with Crippen LogP contribution in [0.5, 0.6) is 0 Å². The fourth-order valence-corrected chi connectivity index (χ4v) is 2.83. The van der Waals surface area contributed by atoms with Crippen LogP contribution in [0, 0.1) is 0 Å². The van der Waals surface area contributed by atoms with Crippen LogP contribution in [-0.2, 0) is 6.54 Å². The first-order valence-corrected chi connectivity index (χ1v) is 9.06. The van der Waals surface area contributed by atoms with E-state index < -0.39 is 0 Å². The molecule has 0 aromatic carbocycles. The van der Waals surface area contributed by atoms with Crippen LogP contribution < -0.4 is 15.5 Å². The number of hydrogen-bond acceptors (Lipinski definition) is 4. The molecule has 142 valence electrons. The van der Waals surface area contributed by atoms with Crippen molar-refractivity contribution < 1.29 is 0 Å². The lowest BCUT2D eigenvalue weighted by Crippen LogP contribution is -2.42. The van der Waals surface area contributed by atoms with Gasteiger partial charge in [-0.05, 0) is 50.6 Å². The molecule has 0 unspecified atom stereocenters. The fourth-order valence-electron chi connectivity index (χ4n) is 2.83. The number of halogens is 1. The van der Waals surface area contributed by atoms with Crippen LogP contribution >= 0.6 is 24.0 Å². The van der Waals surface area contributed by atoms with Crippen LogP contribution in [-0.4, -0.2) is 62.7 Å². The van der Waals surface area contributed by atoms with Gasteiger partial charge in [0, 0.05) is 39.9 Å². The van der Waals surface area contributed by atoms with Gasteiger partial charge in [-0.2, -0.15) is 0 Å². The number of nitrogens with one attached hydrogen (secondary N) is 2. The van der Waals surface area contributed by atoms with E-state index in [2.05, 4.69) is 33.5 Å². The topological polar surface area (TPSA) is 55.8 Å². The first-order chi connectivity index (χ1) is 11.7. The summed E-state index contributed by atoms with van der Waals surface area (Å²) in [6.07, 6.45) is 5.90. The van der Waals surface area contributed by atoms with Crippen molar-refractivity contribution in [3.05, 3.63) is 23.9 Å². The predicted molar refractivity (Wildman–Crippen MR) is 117 cm³/mol. The molecule has 1 aromatic heterocycles. The van der Waals surface area contributed by atoms with Crippen molar-refractivity contribution in [1.29, 1.82) is 0 Å². The maximum Gasteiger partial charge on any atom is 0.191 e. The van der Waals surface area contributed by atoms with Crippen LogP contribution in [0.3, 0.4) is 0 Å². The van der Waals surface area contributed by atoms with Gasteiger partial charge in [-0.15, -0.1) is 24.0 Å². The van der Waals surface area contributed by atoms with E-state index in [1.54, 1.807) is 0 Å². The summed E-state index contributed by atoms with van der Waals surface area (Å²) in [6.45, 7) is 8.12. The molecule has 0 spiro atoms. The summed E-state index contributed by atoms with van der Waals surface area (Å²) >= 11 is 0. The predicted octanol–water partition coefficient (Wildman–Crippen LogP) is 2.31. The molecule has 0 saturated carbocycles. The Hall–Kier alpha value is -1.09. The average Bonchev–Trinajstić information content (AvgIpc) is 2.61. The number of aliphatic imine (C=N–C) groups is 1. The van der Waals surface area contributed by atoms with Gasteiger partial charge in [-0.3, -0.25) is 0 Å². The molecule has 1 fully saturated rings. The molecule has 0 atom stereocenters. The summed E-state index contributed by atoms with van der Waals surface area (Å²) in [7, 11) is 4.00. The van der Waals surface area contributed by atoms with Gasteiger partial charge < -0.3 is 20.4 Å². The third-order valence-corrected chi connectivity index (χ3v) is 4.20. The highest BCUT2D eigenvalue weighted by molar-refractivity contribution is 14.0. The number of guanidine groups is 1. The summed E-state index contributed by atoms with van der Waals surface area (Å²) in [6, 6.07) is 4.11. The highest BCUT2D eigenvalue weighted by Gasteiger charge is 2.09. The zero-order valence-corrected chi connectivity index (χ0v) is 18.1. The zero-order valence-electron chi connectivity index (χ0n) is 15.8. The quantitative estimate of drug-likeness (QED) is 0.372. The highest BCUT2D eigenvalue weighted by atomic mass is 127. The number of piperidine rings is 1. The number of anilines is 1. The first-order valence-electron chi connectivity index (χ1n) is 9.06. The Morgan fingerprint density at radius 2 is 2.00 bits per heavy atom. The Morgan fingerprint density at radius 1 is 1.24 bits per heavy atom. The van der Waals surface area contributed by atoms with Crippen molar-refractivity contribution in [3.8, 4) is 0 Å². The van der Waals surface area contributed by atoms with Crippen molar-refractivity contribution in [3.63, 3.8) is 0 Å². The molecular weight excluding hydrogens is 427 g/mol. The summed E-state index contributed by atoms with van der Waals surface area (Å²) < 4.78 is 0. The summed E-state index contributed by atoms with van der Waals surface area (Å²) in [4.78, 5) is 13.6. The van der Waals surface area contributed by atoms with Gasteiger partial charge in [0.2, 0.25) is 0 Å². The number of aromatic nitrogens is 1. The van der Waals surface area contributed by atoms with Crippen molar-refractivity contribution in [2.45, 2.75) is 32.7 Å². The minimum Gasteiger partial charge on any atom is -0.363 e. The van der Waals surface area contributed by atoms with Gasteiger partial charge in [0.15, 0.2) is 5.96 Å². The molecule has 0 radical (unpaired) electrons. The molecule has 1 aromatic rings. The molecule has 1 saturated heterocycles. The molecular formula is C18H33IN6. The van der Waals surface area contributed by atoms with Crippen LogP contribution in [0.1, 0.15) is 31.7 Å². The fraction of sp³-hybridized carbons (Fsp3) is 0.667. The van der Waals surface area contributed by atoms with Crippen molar-refractivity contribution in [1.82, 2.24) is 20.5 Å². The number of rotatable bonds is 7. The average molecular weight is 460 g/mol. The smallest absolute Gasteiger partial charge is 0.191 e. The third-order valence-electron chi connectivity index (χ3n) is 4.20. The summed E-state index contributed by atoms with van der Waals surface area (Å²) in [5.41, 5.74) is 1.17. The molecule has 1 aliphatic heterocycles. The molecule has 0 aliphatic carbocycles.